The molecule has 0 bridgehead atoms. The second kappa shape index (κ2) is 5.79. The molecule has 0 saturated carbocycles. The summed E-state index contributed by atoms with van der Waals surface area (Å²) in [5, 5.41) is 3.03. The number of carbonyl (C=O) groups is 1. The van der Waals surface area contributed by atoms with Gasteiger partial charge in [-0.25, -0.2) is 9.97 Å². The zero-order chi connectivity index (χ0) is 12.1. The van der Waals surface area contributed by atoms with Crippen LogP contribution in [0.4, 0.5) is 5.82 Å². The number of aromatic nitrogens is 2. The molecule has 0 spiro atoms. The van der Waals surface area contributed by atoms with Crippen molar-refractivity contribution >= 4 is 27.7 Å². The van der Waals surface area contributed by atoms with Crippen molar-refractivity contribution in [3.05, 3.63) is 16.5 Å². The second-order valence-electron chi connectivity index (χ2n) is 3.73. The van der Waals surface area contributed by atoms with Gasteiger partial charge in [-0.15, -0.1) is 0 Å². The zero-order valence-corrected chi connectivity index (χ0v) is 10.9. The maximum Gasteiger partial charge on any atom is 0.219 e. The summed E-state index contributed by atoms with van der Waals surface area (Å²) in [5.41, 5.74) is 5.04. The van der Waals surface area contributed by atoms with Gasteiger partial charge in [-0.1, -0.05) is 13.8 Å². The summed E-state index contributed by atoms with van der Waals surface area (Å²) in [6.45, 7) is 4.53. The Morgan fingerprint density at radius 2 is 2.25 bits per heavy atom. The number of hydrogen-bond acceptors (Lipinski definition) is 4. The lowest BCUT2D eigenvalue weighted by molar-refractivity contribution is -0.117. The molecule has 0 aliphatic rings. The van der Waals surface area contributed by atoms with E-state index >= 15 is 0 Å². The van der Waals surface area contributed by atoms with Gasteiger partial charge in [-0.3, -0.25) is 4.79 Å². The minimum Gasteiger partial charge on any atom is -0.370 e. The molecule has 88 valence electrons. The van der Waals surface area contributed by atoms with Crippen LogP contribution in [0.15, 0.2) is 10.7 Å². The van der Waals surface area contributed by atoms with E-state index in [-0.39, 0.29) is 11.8 Å². The van der Waals surface area contributed by atoms with Crippen LogP contribution >= 0.6 is 15.9 Å². The maximum absolute atomic E-state index is 10.6. The van der Waals surface area contributed by atoms with Gasteiger partial charge < -0.3 is 11.1 Å². The van der Waals surface area contributed by atoms with Gasteiger partial charge in [0.25, 0.3) is 0 Å². The summed E-state index contributed by atoms with van der Waals surface area (Å²) in [4.78, 5) is 19.1. The van der Waals surface area contributed by atoms with Crippen LogP contribution in [0.1, 0.15) is 32.0 Å². The smallest absolute Gasteiger partial charge is 0.219 e. The molecular weight excluding hydrogens is 272 g/mol. The van der Waals surface area contributed by atoms with Crippen molar-refractivity contribution in [3.63, 3.8) is 0 Å². The molecule has 3 N–H and O–H groups in total. The number of hydrogen-bond donors (Lipinski definition) is 2. The van der Waals surface area contributed by atoms with E-state index in [4.69, 9.17) is 5.73 Å². The van der Waals surface area contributed by atoms with Crippen molar-refractivity contribution in [2.45, 2.75) is 26.2 Å². The summed E-state index contributed by atoms with van der Waals surface area (Å²) in [7, 11) is 0. The van der Waals surface area contributed by atoms with Gasteiger partial charge in [0.15, 0.2) is 0 Å². The Bertz CT molecular complexity index is 381. The molecule has 6 heteroatoms. The van der Waals surface area contributed by atoms with E-state index in [2.05, 4.69) is 31.2 Å². The number of nitrogens with one attached hydrogen (secondary N) is 1. The molecule has 5 nitrogen and oxygen atoms in total. The number of halogens is 1. The van der Waals surface area contributed by atoms with E-state index in [1.807, 2.05) is 13.8 Å². The van der Waals surface area contributed by atoms with E-state index in [0.717, 1.165) is 10.4 Å². The highest BCUT2D eigenvalue weighted by atomic mass is 79.9. The fourth-order valence-electron chi connectivity index (χ4n) is 1.10. The number of primary amides is 1. The first kappa shape index (κ1) is 12.9. The lowest BCUT2D eigenvalue weighted by atomic mass is 10.2. The first-order valence-electron chi connectivity index (χ1n) is 5.05. The Balaban J connectivity index is 2.69. The molecule has 16 heavy (non-hydrogen) atoms. The average molecular weight is 287 g/mol. The molecule has 0 radical (unpaired) electrons. The Morgan fingerprint density at radius 3 is 2.81 bits per heavy atom. The standard InChI is InChI=1S/C10H15BrN4O/c1-6(2)10-14-7(11)5-9(15-10)13-4-3-8(12)16/h5-6H,3-4H2,1-2H3,(H2,12,16)(H,13,14,15). The Hall–Kier alpha value is -1.17. The van der Waals surface area contributed by atoms with Crippen molar-refractivity contribution < 1.29 is 4.79 Å². The SMILES string of the molecule is CC(C)c1nc(Br)cc(NCCC(N)=O)n1. The van der Waals surface area contributed by atoms with Gasteiger partial charge >= 0.3 is 0 Å². The highest BCUT2D eigenvalue weighted by molar-refractivity contribution is 9.10. The molecule has 0 aliphatic carbocycles. The highest BCUT2D eigenvalue weighted by Crippen LogP contribution is 2.17. The molecule has 0 aliphatic heterocycles. The predicted molar refractivity (Wildman–Crippen MR) is 66.1 cm³/mol. The predicted octanol–water partition coefficient (Wildman–Crippen LogP) is 1.65. The summed E-state index contributed by atoms with van der Waals surface area (Å²) in [6.07, 6.45) is 0.290. The molecule has 1 rings (SSSR count). The number of nitrogens with two attached hydrogens (primary N) is 1. The van der Waals surface area contributed by atoms with Crippen LogP contribution in [-0.2, 0) is 4.79 Å². The van der Waals surface area contributed by atoms with Crippen LogP contribution in [0.25, 0.3) is 0 Å². The third-order valence-corrected chi connectivity index (χ3v) is 2.31. The van der Waals surface area contributed by atoms with Crippen molar-refractivity contribution in [1.29, 1.82) is 0 Å². The van der Waals surface area contributed by atoms with Crippen LogP contribution in [0.5, 0.6) is 0 Å². The number of rotatable bonds is 5. The van der Waals surface area contributed by atoms with E-state index in [0.29, 0.717) is 18.8 Å². The van der Waals surface area contributed by atoms with Gasteiger partial charge in [0, 0.05) is 24.9 Å². The van der Waals surface area contributed by atoms with Crippen LogP contribution in [0, 0.1) is 0 Å². The average Bonchev–Trinajstić information content (AvgIpc) is 2.16. The van der Waals surface area contributed by atoms with Crippen molar-refractivity contribution in [2.75, 3.05) is 11.9 Å². The van der Waals surface area contributed by atoms with E-state index in [1.165, 1.54) is 0 Å². The Labute approximate surface area is 103 Å². The minimum absolute atomic E-state index is 0.259. The van der Waals surface area contributed by atoms with E-state index in [9.17, 15) is 4.79 Å². The fourth-order valence-corrected chi connectivity index (χ4v) is 1.50. The van der Waals surface area contributed by atoms with Crippen molar-refractivity contribution in [3.8, 4) is 0 Å². The molecule has 1 aromatic rings. The van der Waals surface area contributed by atoms with E-state index < -0.39 is 0 Å². The Morgan fingerprint density at radius 1 is 1.56 bits per heavy atom. The lowest BCUT2D eigenvalue weighted by Gasteiger charge is -2.08. The van der Waals surface area contributed by atoms with Crippen molar-refractivity contribution in [1.82, 2.24) is 9.97 Å². The zero-order valence-electron chi connectivity index (χ0n) is 9.33. The number of amides is 1. The highest BCUT2D eigenvalue weighted by Gasteiger charge is 2.06. The monoisotopic (exact) mass is 286 g/mol. The fraction of sp³-hybridized carbons (Fsp3) is 0.500. The normalized spacial score (nSPS) is 10.5. The molecule has 1 amide bonds. The summed E-state index contributed by atoms with van der Waals surface area (Å²) in [5.74, 6) is 1.39. The van der Waals surface area contributed by atoms with Gasteiger partial charge in [0.2, 0.25) is 5.91 Å². The van der Waals surface area contributed by atoms with Gasteiger partial charge in [0.1, 0.15) is 16.2 Å². The molecule has 1 aromatic heterocycles. The molecule has 1 heterocycles. The molecule has 0 unspecified atom stereocenters. The Kier molecular flexibility index (Phi) is 4.67. The number of nitrogens with zero attached hydrogens (tertiary/aromatic N) is 2. The van der Waals surface area contributed by atoms with Gasteiger partial charge in [-0.2, -0.15) is 0 Å². The van der Waals surface area contributed by atoms with Crippen LogP contribution < -0.4 is 11.1 Å². The number of anilines is 1. The first-order valence-corrected chi connectivity index (χ1v) is 5.85. The summed E-state index contributed by atoms with van der Waals surface area (Å²) < 4.78 is 0.729. The third-order valence-electron chi connectivity index (χ3n) is 1.91. The van der Waals surface area contributed by atoms with Crippen LogP contribution in [-0.4, -0.2) is 22.4 Å². The van der Waals surface area contributed by atoms with Gasteiger partial charge in [0.05, 0.1) is 0 Å². The van der Waals surface area contributed by atoms with E-state index in [1.54, 1.807) is 6.07 Å². The molecule has 0 aromatic carbocycles. The summed E-state index contributed by atoms with van der Waals surface area (Å²) >= 11 is 3.32. The third kappa shape index (κ3) is 4.14. The lowest BCUT2D eigenvalue weighted by Crippen LogP contribution is -2.16. The number of carbonyl (C=O) groups excluding carboxylic acids is 1. The first-order chi connectivity index (χ1) is 7.49. The van der Waals surface area contributed by atoms with Crippen LogP contribution in [0.3, 0.4) is 0 Å². The minimum atomic E-state index is -0.329. The topological polar surface area (TPSA) is 80.9 Å². The largest absolute Gasteiger partial charge is 0.370 e. The summed E-state index contributed by atoms with van der Waals surface area (Å²) in [6, 6.07) is 1.77. The van der Waals surface area contributed by atoms with Crippen LogP contribution in [0.2, 0.25) is 0 Å². The molecule has 0 atom stereocenters. The molecule has 0 saturated heterocycles. The maximum atomic E-state index is 10.6. The van der Waals surface area contributed by atoms with Gasteiger partial charge in [-0.05, 0) is 15.9 Å². The molecular formula is C10H15BrN4O. The van der Waals surface area contributed by atoms with Crippen molar-refractivity contribution in [2.24, 2.45) is 5.73 Å². The molecule has 0 fully saturated rings. The second-order valence-corrected chi connectivity index (χ2v) is 4.54. The quantitative estimate of drug-likeness (QED) is 0.807.